The quantitative estimate of drug-likeness (QED) is 0.0409. The van der Waals surface area contributed by atoms with Gasteiger partial charge in [0.15, 0.2) is 0 Å². The lowest BCUT2D eigenvalue weighted by Crippen LogP contribution is -2.57. The highest BCUT2D eigenvalue weighted by Gasteiger charge is 2.34. The third kappa shape index (κ3) is 12.6. The zero-order chi connectivity index (χ0) is 52.7. The van der Waals surface area contributed by atoms with Crippen LogP contribution in [0.3, 0.4) is 0 Å². The second kappa shape index (κ2) is 23.4. The maximum absolute atomic E-state index is 13.8. The molecule has 5 heterocycles. The van der Waals surface area contributed by atoms with Crippen LogP contribution in [0.4, 0.5) is 16.2 Å². The zero-order valence-corrected chi connectivity index (χ0v) is 43.7. The molecular formula is C58H72N8O8. The van der Waals surface area contributed by atoms with Crippen molar-refractivity contribution < 1.29 is 33.8 Å². The number of nitrogens with one attached hydrogen (secondary N) is 3. The van der Waals surface area contributed by atoms with E-state index in [1.165, 1.54) is 19.3 Å². The molecule has 4 aliphatic heterocycles. The van der Waals surface area contributed by atoms with Gasteiger partial charge in [0.1, 0.15) is 11.6 Å². The highest BCUT2D eigenvalue weighted by atomic mass is 16.6. The van der Waals surface area contributed by atoms with E-state index in [4.69, 9.17) is 14.6 Å². The lowest BCUT2D eigenvalue weighted by atomic mass is 9.91. The minimum atomic E-state index is -0.678. The first kappa shape index (κ1) is 53.2. The summed E-state index contributed by atoms with van der Waals surface area (Å²) in [7, 11) is 1.75. The number of unbranched alkanes of at least 4 members (excludes halogenated alkanes) is 1. The van der Waals surface area contributed by atoms with E-state index in [2.05, 4.69) is 80.1 Å². The number of imidazole rings is 1. The lowest BCUT2D eigenvalue weighted by Gasteiger charge is -2.40. The maximum atomic E-state index is 13.8. The van der Waals surface area contributed by atoms with Crippen LogP contribution >= 0.6 is 0 Å². The molecule has 16 nitrogen and oxygen atoms in total. The van der Waals surface area contributed by atoms with Crippen molar-refractivity contribution in [3.63, 3.8) is 0 Å². The number of anilines is 2. The molecule has 0 bridgehead atoms. The van der Waals surface area contributed by atoms with Gasteiger partial charge in [0.25, 0.3) is 12.4 Å². The number of carboxylic acid groups (broad SMARTS) is 1. The number of hydrogen-bond donors (Lipinski definition) is 4. The minimum Gasteiger partial charge on any atom is -0.483 e. The summed E-state index contributed by atoms with van der Waals surface area (Å²) in [5.74, 6) is 7.45. The van der Waals surface area contributed by atoms with Crippen LogP contribution in [-0.4, -0.2) is 112 Å². The molecule has 0 aliphatic carbocycles. The van der Waals surface area contributed by atoms with Crippen molar-refractivity contribution >= 4 is 63.5 Å². The number of likely N-dealkylation sites (tertiary alicyclic amines) is 2. The Kier molecular flexibility index (Phi) is 16.8. The number of hydrogen-bond acceptors (Lipinski definition) is 10. The zero-order valence-electron chi connectivity index (χ0n) is 43.7. The molecule has 0 radical (unpaired) electrons. The number of aromatic nitrogens is 2. The van der Waals surface area contributed by atoms with Crippen LogP contribution in [0.2, 0.25) is 0 Å². The van der Waals surface area contributed by atoms with Crippen molar-refractivity contribution in [2.45, 2.75) is 116 Å². The molecule has 4 saturated heterocycles. The Bertz CT molecular complexity index is 2990. The summed E-state index contributed by atoms with van der Waals surface area (Å²) >= 11 is 0. The van der Waals surface area contributed by atoms with Crippen LogP contribution in [0.25, 0.3) is 21.8 Å². The van der Waals surface area contributed by atoms with Gasteiger partial charge in [0.05, 0.1) is 23.1 Å². The number of amides is 4. The molecule has 74 heavy (non-hydrogen) atoms. The van der Waals surface area contributed by atoms with Gasteiger partial charge in [-0.05, 0) is 157 Å². The Morgan fingerprint density at radius 3 is 2.31 bits per heavy atom. The normalized spacial score (nSPS) is 18.4. The number of carbonyl (C=O) groups is 5. The summed E-state index contributed by atoms with van der Waals surface area (Å²) in [6.45, 7) is 15.7. The van der Waals surface area contributed by atoms with Gasteiger partial charge < -0.3 is 35.2 Å². The fraction of sp³-hybridized carbons (Fsp3) is 0.483. The Balaban J connectivity index is 0.00000237. The molecule has 4 N–H and O–H groups in total. The first-order valence-corrected chi connectivity index (χ1v) is 26.3. The maximum Gasteiger partial charge on any atom is 0.410 e. The molecule has 4 amide bonds. The first-order valence-electron chi connectivity index (χ1n) is 26.3. The van der Waals surface area contributed by atoms with Crippen LogP contribution < -0.4 is 26.5 Å². The number of fused-ring (bicyclic) bond motifs is 2. The predicted octanol–water partition coefficient (Wildman–Crippen LogP) is 8.15. The molecule has 5 aromatic rings. The molecule has 392 valence electrons. The highest BCUT2D eigenvalue weighted by molar-refractivity contribution is 6.00. The van der Waals surface area contributed by atoms with Crippen molar-refractivity contribution in [1.29, 1.82) is 0 Å². The average Bonchev–Trinajstić information content (AvgIpc) is 3.61. The van der Waals surface area contributed by atoms with E-state index in [0.29, 0.717) is 31.0 Å². The summed E-state index contributed by atoms with van der Waals surface area (Å²) < 4.78 is 8.65. The fourth-order valence-corrected chi connectivity index (χ4v) is 10.9. The number of aryl methyl sites for hydroxylation is 2. The van der Waals surface area contributed by atoms with Crippen molar-refractivity contribution in [2.24, 2.45) is 18.9 Å². The minimum absolute atomic E-state index is 0.0840. The standard InChI is InChI=1S/C57H70N8O6.CH2O2/c1-37-14-18-42(59-43-35-64(36-43)56(70)71-57(3,4)5)33-48(37)53(67)58-38(2)45-20-17-41(46-12-7-8-13-47(45)46)16-15-40-24-29-62(30-25-40)28-10-9-11-39-26-31-63(32-27-39)44-19-21-49-51(34-44)61(6)55(69)65(49)50-22-23-52(66)60-54(50)68;2-1-3/h7-8,12-14,17-21,33-34,38-40,43,50,59H,9-11,22-32,35-36H2,1-6H3,(H,58,67)(H,60,66,68);1H,(H,2,3)/t38-,50?;/m1./s1. The van der Waals surface area contributed by atoms with E-state index < -0.39 is 17.6 Å². The SMILES string of the molecule is Cc1ccc(NC2CN(C(=O)OC(C)(C)C)C2)cc1C(=O)N[C@H](C)c1ccc(C#CC2CCN(CCCCC3CCN(c4ccc5c(c4)n(C)c(=O)n5C4CCC(=O)NC4=O)CC3)CC2)c2ccccc12.O=CO. The van der Waals surface area contributed by atoms with Crippen molar-refractivity contribution in [3.05, 3.63) is 106 Å². The summed E-state index contributed by atoms with van der Waals surface area (Å²) in [4.78, 5) is 78.9. The van der Waals surface area contributed by atoms with Crippen molar-refractivity contribution in [3.8, 4) is 11.8 Å². The molecule has 1 aromatic heterocycles. The molecule has 4 aliphatic rings. The van der Waals surface area contributed by atoms with Crippen molar-refractivity contribution in [1.82, 2.24) is 29.6 Å². The number of benzene rings is 4. The van der Waals surface area contributed by atoms with Crippen LogP contribution in [0.1, 0.15) is 125 Å². The van der Waals surface area contributed by atoms with Gasteiger partial charge in [0.2, 0.25) is 11.8 Å². The highest BCUT2D eigenvalue weighted by Crippen LogP contribution is 2.32. The monoisotopic (exact) mass is 1010 g/mol. The van der Waals surface area contributed by atoms with E-state index in [1.54, 1.807) is 21.1 Å². The molecule has 9 rings (SSSR count). The molecule has 1 unspecified atom stereocenters. The van der Waals surface area contributed by atoms with Gasteiger partial charge in [-0.1, -0.05) is 61.1 Å². The predicted molar refractivity (Wildman–Crippen MR) is 288 cm³/mol. The van der Waals surface area contributed by atoms with Crippen LogP contribution in [0.15, 0.2) is 77.6 Å². The van der Waals surface area contributed by atoms with Gasteiger partial charge in [-0.2, -0.15) is 0 Å². The van der Waals surface area contributed by atoms with E-state index in [0.717, 1.165) is 114 Å². The van der Waals surface area contributed by atoms with Gasteiger partial charge >= 0.3 is 11.8 Å². The topological polar surface area (TPSA) is 188 Å². The summed E-state index contributed by atoms with van der Waals surface area (Å²) in [5.41, 5.74) is 6.26. The lowest BCUT2D eigenvalue weighted by molar-refractivity contribution is -0.135. The molecule has 0 spiro atoms. The summed E-state index contributed by atoms with van der Waals surface area (Å²) in [6.07, 6.45) is 8.41. The third-order valence-corrected chi connectivity index (χ3v) is 15.1. The Hall–Kier alpha value is -7.12. The molecular weight excluding hydrogens is 937 g/mol. The Morgan fingerprint density at radius 2 is 1.61 bits per heavy atom. The molecule has 4 aromatic carbocycles. The van der Waals surface area contributed by atoms with Crippen LogP contribution in [-0.2, 0) is 26.2 Å². The number of imide groups is 1. The molecule has 0 saturated carbocycles. The van der Waals surface area contributed by atoms with Crippen molar-refractivity contribution in [2.75, 3.05) is 56.0 Å². The van der Waals surface area contributed by atoms with Crippen LogP contribution in [0.5, 0.6) is 0 Å². The summed E-state index contributed by atoms with van der Waals surface area (Å²) in [5, 5.41) is 18.2. The van der Waals surface area contributed by atoms with Gasteiger partial charge in [-0.3, -0.25) is 33.6 Å². The van der Waals surface area contributed by atoms with E-state index in [9.17, 15) is 24.0 Å². The first-order chi connectivity index (χ1) is 35.5. The van der Waals surface area contributed by atoms with E-state index in [1.807, 2.05) is 65.0 Å². The second-order valence-corrected chi connectivity index (χ2v) is 21.5. The van der Waals surface area contributed by atoms with Crippen LogP contribution in [0, 0.1) is 30.6 Å². The fourth-order valence-electron chi connectivity index (χ4n) is 10.9. The van der Waals surface area contributed by atoms with Gasteiger partial charge in [-0.15, -0.1) is 0 Å². The van der Waals surface area contributed by atoms with E-state index >= 15 is 0 Å². The number of ether oxygens (including phenoxy) is 1. The number of carbonyl (C=O) groups excluding carboxylic acids is 4. The second-order valence-electron chi connectivity index (χ2n) is 21.5. The molecule has 16 heteroatoms. The average molecular weight is 1010 g/mol. The largest absolute Gasteiger partial charge is 0.483 e. The van der Waals surface area contributed by atoms with E-state index in [-0.39, 0.29) is 48.6 Å². The Labute approximate surface area is 433 Å². The molecule has 4 fully saturated rings. The number of nitrogens with zero attached hydrogens (tertiary/aromatic N) is 5. The third-order valence-electron chi connectivity index (χ3n) is 15.1. The van der Waals surface area contributed by atoms with Gasteiger partial charge in [-0.25, -0.2) is 9.59 Å². The molecule has 2 atom stereocenters. The number of rotatable bonds is 12. The smallest absolute Gasteiger partial charge is 0.410 e. The summed E-state index contributed by atoms with van der Waals surface area (Å²) in [6, 6.07) is 23.7. The number of piperidine rings is 3. The van der Waals surface area contributed by atoms with Gasteiger partial charge in [0, 0.05) is 68.1 Å². The Morgan fingerprint density at radius 1 is 0.892 bits per heavy atom.